The molecule has 0 unspecified atom stereocenters. The van der Waals surface area contributed by atoms with Crippen LogP contribution >= 0.6 is 0 Å². The van der Waals surface area contributed by atoms with Crippen molar-refractivity contribution in [1.82, 2.24) is 0 Å². The number of ether oxygens (including phenoxy) is 2. The average molecular weight is 164 g/mol. The molecule has 2 nitrogen and oxygen atoms in total. The molecule has 0 aliphatic carbocycles. The van der Waals surface area contributed by atoms with Gasteiger partial charge in [0.1, 0.15) is 11.9 Å². The van der Waals surface area contributed by atoms with Gasteiger partial charge in [0.25, 0.3) is 0 Å². The fourth-order valence-electron chi connectivity index (χ4n) is 1.34. The molecule has 1 fully saturated rings. The summed E-state index contributed by atoms with van der Waals surface area (Å²) in [4.78, 5) is 0. The first-order valence-electron chi connectivity index (χ1n) is 4.07. The Bertz CT molecular complexity index is 290. The minimum Gasteiger partial charge on any atom is -0.496 e. The van der Waals surface area contributed by atoms with E-state index in [1.54, 1.807) is 7.11 Å². The number of aryl methyl sites for hydroxylation is 1. The highest BCUT2D eigenvalue weighted by molar-refractivity contribution is 5.37. The van der Waals surface area contributed by atoms with Crippen molar-refractivity contribution in [3.8, 4) is 5.75 Å². The van der Waals surface area contributed by atoms with Gasteiger partial charge in [-0.3, -0.25) is 0 Å². The van der Waals surface area contributed by atoms with E-state index in [-0.39, 0.29) is 0 Å². The molecule has 64 valence electrons. The number of epoxide rings is 1. The quantitative estimate of drug-likeness (QED) is 0.624. The Morgan fingerprint density at radius 2 is 2.25 bits per heavy atom. The number of rotatable bonds is 2. The largest absolute Gasteiger partial charge is 0.496 e. The van der Waals surface area contributed by atoms with Crippen LogP contribution in [0.3, 0.4) is 0 Å². The highest BCUT2D eigenvalue weighted by atomic mass is 16.6. The first-order chi connectivity index (χ1) is 5.81. The van der Waals surface area contributed by atoms with Crippen LogP contribution in [0.15, 0.2) is 18.2 Å². The normalized spacial score (nSPS) is 20.7. The molecular weight excluding hydrogens is 152 g/mol. The summed E-state index contributed by atoms with van der Waals surface area (Å²) in [6.45, 7) is 2.91. The third-order valence-corrected chi connectivity index (χ3v) is 2.12. The number of hydrogen-bond donors (Lipinski definition) is 0. The zero-order valence-corrected chi connectivity index (χ0v) is 7.33. The summed E-state index contributed by atoms with van der Waals surface area (Å²) >= 11 is 0. The van der Waals surface area contributed by atoms with E-state index in [4.69, 9.17) is 9.47 Å². The standard InChI is InChI=1S/C10H12O2/c1-7-5-8(10-6-12-10)3-4-9(7)11-2/h3-5,10H,6H2,1-2H3/t10-/m1/s1. The van der Waals surface area contributed by atoms with Gasteiger partial charge in [0.2, 0.25) is 0 Å². The van der Waals surface area contributed by atoms with Crippen molar-refractivity contribution < 1.29 is 9.47 Å². The molecule has 12 heavy (non-hydrogen) atoms. The molecule has 1 aliphatic rings. The van der Waals surface area contributed by atoms with Crippen LogP contribution in [0.5, 0.6) is 5.75 Å². The lowest BCUT2D eigenvalue weighted by atomic mass is 10.1. The van der Waals surface area contributed by atoms with Gasteiger partial charge in [-0.1, -0.05) is 6.07 Å². The summed E-state index contributed by atoms with van der Waals surface area (Å²) in [7, 11) is 1.69. The van der Waals surface area contributed by atoms with E-state index in [2.05, 4.69) is 12.1 Å². The molecule has 1 aromatic carbocycles. The van der Waals surface area contributed by atoms with E-state index in [0.717, 1.165) is 12.4 Å². The zero-order valence-electron chi connectivity index (χ0n) is 7.33. The van der Waals surface area contributed by atoms with Crippen LogP contribution in [0.2, 0.25) is 0 Å². The molecule has 2 rings (SSSR count). The van der Waals surface area contributed by atoms with Crippen molar-refractivity contribution in [3.05, 3.63) is 29.3 Å². The van der Waals surface area contributed by atoms with Crippen molar-refractivity contribution in [1.29, 1.82) is 0 Å². The smallest absolute Gasteiger partial charge is 0.121 e. The fraction of sp³-hybridized carbons (Fsp3) is 0.400. The molecule has 1 aliphatic heterocycles. The lowest BCUT2D eigenvalue weighted by molar-refractivity contribution is 0.407. The molecule has 0 bridgehead atoms. The third kappa shape index (κ3) is 1.30. The minimum atomic E-state index is 0.342. The molecule has 1 saturated heterocycles. The predicted molar refractivity (Wildman–Crippen MR) is 46.4 cm³/mol. The van der Waals surface area contributed by atoms with E-state index in [1.165, 1.54) is 11.1 Å². The summed E-state index contributed by atoms with van der Waals surface area (Å²) in [5.41, 5.74) is 2.43. The third-order valence-electron chi connectivity index (χ3n) is 2.12. The summed E-state index contributed by atoms with van der Waals surface area (Å²) in [5.74, 6) is 0.944. The van der Waals surface area contributed by atoms with Crippen LogP contribution in [0, 0.1) is 6.92 Å². The van der Waals surface area contributed by atoms with E-state index >= 15 is 0 Å². The summed E-state index contributed by atoms with van der Waals surface area (Å²) in [6.07, 6.45) is 0.342. The Balaban J connectivity index is 2.30. The second-order valence-electron chi connectivity index (χ2n) is 3.05. The molecule has 1 atom stereocenters. The topological polar surface area (TPSA) is 21.8 Å². The zero-order chi connectivity index (χ0) is 8.55. The molecule has 0 radical (unpaired) electrons. The van der Waals surface area contributed by atoms with E-state index in [1.807, 2.05) is 13.0 Å². The van der Waals surface area contributed by atoms with Crippen LogP contribution in [0.25, 0.3) is 0 Å². The fourth-order valence-corrected chi connectivity index (χ4v) is 1.34. The highest BCUT2D eigenvalue weighted by Crippen LogP contribution is 2.32. The second kappa shape index (κ2) is 2.79. The Kier molecular flexibility index (Phi) is 1.77. The lowest BCUT2D eigenvalue weighted by Crippen LogP contribution is -1.88. The van der Waals surface area contributed by atoms with Gasteiger partial charge in [-0.15, -0.1) is 0 Å². The van der Waals surface area contributed by atoms with Crippen LogP contribution < -0.4 is 4.74 Å². The lowest BCUT2D eigenvalue weighted by Gasteiger charge is -2.04. The monoisotopic (exact) mass is 164 g/mol. The molecule has 1 aromatic rings. The molecule has 0 spiro atoms. The Labute approximate surface area is 72.1 Å². The summed E-state index contributed by atoms with van der Waals surface area (Å²) < 4.78 is 10.3. The van der Waals surface area contributed by atoms with Gasteiger partial charge >= 0.3 is 0 Å². The minimum absolute atomic E-state index is 0.342. The molecular formula is C10H12O2. The number of methoxy groups -OCH3 is 1. The Morgan fingerprint density at radius 3 is 2.75 bits per heavy atom. The molecule has 0 aromatic heterocycles. The maximum atomic E-state index is 5.18. The SMILES string of the molecule is COc1ccc([C@H]2CO2)cc1C. The van der Waals surface area contributed by atoms with Crippen LogP contribution in [-0.2, 0) is 4.74 Å². The predicted octanol–water partition coefficient (Wildman–Crippen LogP) is 2.07. The number of benzene rings is 1. The van der Waals surface area contributed by atoms with Crippen LogP contribution in [0.1, 0.15) is 17.2 Å². The Hall–Kier alpha value is -1.02. The molecule has 0 N–H and O–H groups in total. The first-order valence-corrected chi connectivity index (χ1v) is 4.07. The maximum absolute atomic E-state index is 5.18. The van der Waals surface area contributed by atoms with Gasteiger partial charge < -0.3 is 9.47 Å². The van der Waals surface area contributed by atoms with Gasteiger partial charge in [-0.2, -0.15) is 0 Å². The van der Waals surface area contributed by atoms with Crippen molar-refractivity contribution in [2.24, 2.45) is 0 Å². The molecule has 0 saturated carbocycles. The van der Waals surface area contributed by atoms with Gasteiger partial charge in [0.15, 0.2) is 0 Å². The highest BCUT2D eigenvalue weighted by Gasteiger charge is 2.24. The molecule has 0 amide bonds. The maximum Gasteiger partial charge on any atom is 0.121 e. The van der Waals surface area contributed by atoms with E-state index < -0.39 is 0 Å². The van der Waals surface area contributed by atoms with Gasteiger partial charge in [0.05, 0.1) is 13.7 Å². The van der Waals surface area contributed by atoms with Crippen LogP contribution in [-0.4, -0.2) is 13.7 Å². The Morgan fingerprint density at radius 1 is 1.50 bits per heavy atom. The van der Waals surface area contributed by atoms with E-state index in [9.17, 15) is 0 Å². The summed E-state index contributed by atoms with van der Waals surface area (Å²) in [5, 5.41) is 0. The van der Waals surface area contributed by atoms with Gasteiger partial charge in [-0.05, 0) is 30.2 Å². The van der Waals surface area contributed by atoms with Crippen LogP contribution in [0.4, 0.5) is 0 Å². The number of hydrogen-bond acceptors (Lipinski definition) is 2. The molecule has 2 heteroatoms. The van der Waals surface area contributed by atoms with Gasteiger partial charge in [0, 0.05) is 0 Å². The van der Waals surface area contributed by atoms with Crippen molar-refractivity contribution in [2.75, 3.05) is 13.7 Å². The van der Waals surface area contributed by atoms with Crippen molar-refractivity contribution >= 4 is 0 Å². The first kappa shape index (κ1) is 7.62. The van der Waals surface area contributed by atoms with E-state index in [0.29, 0.717) is 6.10 Å². The second-order valence-corrected chi connectivity index (χ2v) is 3.05. The van der Waals surface area contributed by atoms with Gasteiger partial charge in [-0.25, -0.2) is 0 Å². The average Bonchev–Trinajstić information content (AvgIpc) is 2.86. The van der Waals surface area contributed by atoms with Crippen molar-refractivity contribution in [3.63, 3.8) is 0 Å². The summed E-state index contributed by atoms with van der Waals surface area (Å²) in [6, 6.07) is 6.17. The molecule has 1 heterocycles. The van der Waals surface area contributed by atoms with Crippen molar-refractivity contribution in [2.45, 2.75) is 13.0 Å².